The highest BCUT2D eigenvalue weighted by Crippen LogP contribution is 2.29. The molecule has 1 heterocycles. The molecule has 0 saturated heterocycles. The fourth-order valence-corrected chi connectivity index (χ4v) is 2.40. The number of hydrogen-bond donors (Lipinski definition) is 2. The zero-order valence-corrected chi connectivity index (χ0v) is 11.3. The van der Waals surface area contributed by atoms with Crippen LogP contribution in [-0.4, -0.2) is 9.55 Å². The number of benzene rings is 2. The molecule has 0 aliphatic carbocycles. The molecule has 0 bridgehead atoms. The van der Waals surface area contributed by atoms with Crippen LogP contribution in [0.3, 0.4) is 0 Å². The van der Waals surface area contributed by atoms with E-state index in [1.165, 1.54) is 12.1 Å². The lowest BCUT2D eigenvalue weighted by Gasteiger charge is -2.20. The van der Waals surface area contributed by atoms with E-state index in [1.807, 2.05) is 29.0 Å². The SMILES string of the molecule is Nc1ccc(C(c2cccc(F)c2)n2ccnc2)cc1N. The molecule has 21 heavy (non-hydrogen) atoms. The zero-order valence-electron chi connectivity index (χ0n) is 11.3. The topological polar surface area (TPSA) is 69.9 Å². The Hall–Kier alpha value is -2.82. The highest BCUT2D eigenvalue weighted by atomic mass is 19.1. The van der Waals surface area contributed by atoms with Crippen LogP contribution in [-0.2, 0) is 0 Å². The summed E-state index contributed by atoms with van der Waals surface area (Å²) in [6, 6.07) is 11.8. The van der Waals surface area contributed by atoms with Gasteiger partial charge in [-0.3, -0.25) is 0 Å². The first-order valence-electron chi connectivity index (χ1n) is 6.53. The van der Waals surface area contributed by atoms with E-state index in [-0.39, 0.29) is 11.9 Å². The van der Waals surface area contributed by atoms with Crippen LogP contribution in [0.25, 0.3) is 0 Å². The van der Waals surface area contributed by atoms with E-state index in [0.717, 1.165) is 11.1 Å². The Bertz CT molecular complexity index is 753. The Morgan fingerprint density at radius 2 is 1.81 bits per heavy atom. The van der Waals surface area contributed by atoms with Crippen LogP contribution < -0.4 is 11.5 Å². The van der Waals surface area contributed by atoms with E-state index in [9.17, 15) is 4.39 Å². The molecule has 3 rings (SSSR count). The molecule has 1 atom stereocenters. The third-order valence-corrected chi connectivity index (χ3v) is 3.41. The molecule has 0 aliphatic rings. The van der Waals surface area contributed by atoms with Crippen molar-refractivity contribution in [3.05, 3.63) is 78.1 Å². The van der Waals surface area contributed by atoms with E-state index < -0.39 is 0 Å². The third kappa shape index (κ3) is 2.58. The number of anilines is 2. The van der Waals surface area contributed by atoms with Gasteiger partial charge in [0.15, 0.2) is 0 Å². The predicted molar refractivity (Wildman–Crippen MR) is 81.1 cm³/mol. The lowest BCUT2D eigenvalue weighted by atomic mass is 9.97. The molecule has 106 valence electrons. The first-order valence-corrected chi connectivity index (χ1v) is 6.53. The summed E-state index contributed by atoms with van der Waals surface area (Å²) in [6.45, 7) is 0. The second-order valence-corrected chi connectivity index (χ2v) is 4.86. The van der Waals surface area contributed by atoms with E-state index >= 15 is 0 Å². The fraction of sp³-hybridized carbons (Fsp3) is 0.0625. The molecular weight excluding hydrogens is 267 g/mol. The van der Waals surface area contributed by atoms with Gasteiger partial charge in [0.25, 0.3) is 0 Å². The maximum absolute atomic E-state index is 13.6. The monoisotopic (exact) mass is 282 g/mol. The number of aromatic nitrogens is 2. The maximum Gasteiger partial charge on any atom is 0.123 e. The summed E-state index contributed by atoms with van der Waals surface area (Å²) in [5, 5.41) is 0. The Balaban J connectivity index is 2.15. The minimum absolute atomic E-state index is 0.203. The fourth-order valence-electron chi connectivity index (χ4n) is 2.40. The molecule has 1 aromatic heterocycles. The number of nitrogens with zero attached hydrogens (tertiary/aromatic N) is 2. The van der Waals surface area contributed by atoms with E-state index in [0.29, 0.717) is 11.4 Å². The summed E-state index contributed by atoms with van der Waals surface area (Å²) in [5.74, 6) is -0.277. The number of hydrogen-bond acceptors (Lipinski definition) is 3. The van der Waals surface area contributed by atoms with Crippen LogP contribution >= 0.6 is 0 Å². The van der Waals surface area contributed by atoms with Crippen LogP contribution in [0.2, 0.25) is 0 Å². The summed E-state index contributed by atoms with van der Waals surface area (Å²) >= 11 is 0. The molecular formula is C16H15FN4. The summed E-state index contributed by atoms with van der Waals surface area (Å²) in [7, 11) is 0. The predicted octanol–water partition coefficient (Wildman–Crippen LogP) is 2.82. The van der Waals surface area contributed by atoms with Crippen molar-refractivity contribution in [2.75, 3.05) is 11.5 Å². The largest absolute Gasteiger partial charge is 0.397 e. The second kappa shape index (κ2) is 5.28. The number of rotatable bonds is 3. The highest BCUT2D eigenvalue weighted by molar-refractivity contribution is 5.64. The van der Waals surface area contributed by atoms with Crippen molar-refractivity contribution >= 4 is 11.4 Å². The zero-order chi connectivity index (χ0) is 14.8. The Labute approximate surface area is 121 Å². The van der Waals surface area contributed by atoms with Gasteiger partial charge in [0.05, 0.1) is 23.7 Å². The Morgan fingerprint density at radius 1 is 1.00 bits per heavy atom. The van der Waals surface area contributed by atoms with Crippen LogP contribution in [0.1, 0.15) is 17.2 Å². The van der Waals surface area contributed by atoms with Crippen molar-refractivity contribution in [3.8, 4) is 0 Å². The van der Waals surface area contributed by atoms with Gasteiger partial charge in [-0.25, -0.2) is 9.37 Å². The van der Waals surface area contributed by atoms with Crippen LogP contribution in [0.15, 0.2) is 61.2 Å². The first kappa shape index (κ1) is 13.2. The summed E-state index contributed by atoms with van der Waals surface area (Å²) in [6.07, 6.45) is 5.22. The van der Waals surface area contributed by atoms with Gasteiger partial charge in [-0.1, -0.05) is 18.2 Å². The minimum Gasteiger partial charge on any atom is -0.397 e. The molecule has 0 amide bonds. The normalized spacial score (nSPS) is 12.2. The quantitative estimate of drug-likeness (QED) is 0.726. The van der Waals surface area contributed by atoms with Crippen molar-refractivity contribution in [2.24, 2.45) is 0 Å². The van der Waals surface area contributed by atoms with Gasteiger partial charge >= 0.3 is 0 Å². The van der Waals surface area contributed by atoms with Crippen LogP contribution in [0.5, 0.6) is 0 Å². The van der Waals surface area contributed by atoms with Gasteiger partial charge < -0.3 is 16.0 Å². The van der Waals surface area contributed by atoms with Gasteiger partial charge in [-0.15, -0.1) is 0 Å². The van der Waals surface area contributed by atoms with Crippen molar-refractivity contribution in [1.82, 2.24) is 9.55 Å². The van der Waals surface area contributed by atoms with Gasteiger partial charge in [-0.05, 0) is 35.4 Å². The van der Waals surface area contributed by atoms with E-state index in [2.05, 4.69) is 4.98 Å². The molecule has 5 heteroatoms. The standard InChI is InChI=1S/C16H15FN4/c17-13-3-1-2-11(8-13)16(21-7-6-20-10-21)12-4-5-14(18)15(19)9-12/h1-10,16H,18-19H2. The van der Waals surface area contributed by atoms with Gasteiger partial charge in [0.2, 0.25) is 0 Å². The van der Waals surface area contributed by atoms with Crippen molar-refractivity contribution < 1.29 is 4.39 Å². The van der Waals surface area contributed by atoms with Crippen LogP contribution in [0.4, 0.5) is 15.8 Å². The molecule has 3 aromatic rings. The first-order chi connectivity index (χ1) is 10.1. The third-order valence-electron chi connectivity index (χ3n) is 3.41. The maximum atomic E-state index is 13.6. The lowest BCUT2D eigenvalue weighted by molar-refractivity contribution is 0.615. The van der Waals surface area contributed by atoms with Crippen molar-refractivity contribution in [1.29, 1.82) is 0 Å². The molecule has 2 aromatic carbocycles. The molecule has 0 aliphatic heterocycles. The molecule has 0 spiro atoms. The Morgan fingerprint density at radius 3 is 2.48 bits per heavy atom. The van der Waals surface area contributed by atoms with Gasteiger partial charge in [0, 0.05) is 12.4 Å². The van der Waals surface area contributed by atoms with E-state index in [4.69, 9.17) is 11.5 Å². The molecule has 0 saturated carbocycles. The molecule has 0 fully saturated rings. The molecule has 1 unspecified atom stereocenters. The number of nitrogen functional groups attached to an aromatic ring is 2. The number of imidazole rings is 1. The van der Waals surface area contributed by atoms with Gasteiger partial charge in [-0.2, -0.15) is 0 Å². The molecule has 0 radical (unpaired) electrons. The summed E-state index contributed by atoms with van der Waals surface area (Å²) in [4.78, 5) is 4.07. The minimum atomic E-state index is -0.277. The molecule has 4 N–H and O–H groups in total. The van der Waals surface area contributed by atoms with E-state index in [1.54, 1.807) is 24.7 Å². The number of nitrogens with two attached hydrogens (primary N) is 2. The molecule has 4 nitrogen and oxygen atoms in total. The second-order valence-electron chi connectivity index (χ2n) is 4.86. The number of halogens is 1. The van der Waals surface area contributed by atoms with Gasteiger partial charge in [0.1, 0.15) is 5.82 Å². The average molecular weight is 282 g/mol. The van der Waals surface area contributed by atoms with Crippen LogP contribution in [0, 0.1) is 5.82 Å². The Kier molecular flexibility index (Phi) is 3.31. The highest BCUT2D eigenvalue weighted by Gasteiger charge is 2.17. The van der Waals surface area contributed by atoms with Crippen molar-refractivity contribution in [3.63, 3.8) is 0 Å². The van der Waals surface area contributed by atoms with Crippen molar-refractivity contribution in [2.45, 2.75) is 6.04 Å². The summed E-state index contributed by atoms with van der Waals surface area (Å²) < 4.78 is 15.5. The average Bonchev–Trinajstić information content (AvgIpc) is 2.97. The summed E-state index contributed by atoms with van der Waals surface area (Å²) in [5.41, 5.74) is 14.4. The smallest absolute Gasteiger partial charge is 0.123 e. The lowest BCUT2D eigenvalue weighted by Crippen LogP contribution is -2.11.